The number of hydrogen-bond acceptors (Lipinski definition) is 4. The van der Waals surface area contributed by atoms with Crippen molar-refractivity contribution in [3.63, 3.8) is 0 Å². The number of nitrogen functional groups attached to an aromatic ring is 1. The van der Waals surface area contributed by atoms with E-state index in [2.05, 4.69) is 50.9 Å². The van der Waals surface area contributed by atoms with Crippen molar-refractivity contribution in [3.8, 4) is 0 Å². The molecule has 3 nitrogen and oxygen atoms in total. The van der Waals surface area contributed by atoms with Crippen LogP contribution in [0.25, 0.3) is 0 Å². The van der Waals surface area contributed by atoms with Gasteiger partial charge in [-0.25, -0.2) is 4.98 Å². The van der Waals surface area contributed by atoms with E-state index in [9.17, 15) is 0 Å². The summed E-state index contributed by atoms with van der Waals surface area (Å²) in [6.45, 7) is 4.99. The van der Waals surface area contributed by atoms with Crippen molar-refractivity contribution in [2.45, 2.75) is 20.0 Å². The molecule has 19 heavy (non-hydrogen) atoms. The van der Waals surface area contributed by atoms with Gasteiger partial charge in [0.05, 0.1) is 0 Å². The van der Waals surface area contributed by atoms with Gasteiger partial charge in [-0.2, -0.15) is 0 Å². The third-order valence-electron chi connectivity index (χ3n) is 2.75. The van der Waals surface area contributed by atoms with Gasteiger partial charge in [-0.05, 0) is 18.2 Å². The van der Waals surface area contributed by atoms with E-state index in [0.29, 0.717) is 5.13 Å². The number of hydrogen-bond donors (Lipinski definition) is 1. The zero-order valence-electron chi connectivity index (χ0n) is 10.7. The highest BCUT2D eigenvalue weighted by molar-refractivity contribution is 9.10. The van der Waals surface area contributed by atoms with Gasteiger partial charge in [-0.3, -0.25) is 4.90 Å². The van der Waals surface area contributed by atoms with Crippen molar-refractivity contribution in [2.24, 2.45) is 0 Å². The molecular formula is C13H17BrClN3S. The standard InChI is InChI=1S/C13H16BrN3S.ClH/c1-2-17(9-11-7-16-13(15)18-11)8-10-5-3-4-6-12(10)14;/h3-7H,2,8-9H2,1H3,(H2,15,16);1H. The van der Waals surface area contributed by atoms with E-state index < -0.39 is 0 Å². The molecule has 1 aromatic carbocycles. The van der Waals surface area contributed by atoms with Crippen LogP contribution in [0.5, 0.6) is 0 Å². The number of halogens is 2. The Kier molecular flexibility index (Phi) is 6.79. The minimum Gasteiger partial charge on any atom is -0.375 e. The highest BCUT2D eigenvalue weighted by atomic mass is 79.9. The number of anilines is 1. The Balaban J connectivity index is 0.00000180. The van der Waals surface area contributed by atoms with Crippen LogP contribution in [0.3, 0.4) is 0 Å². The lowest BCUT2D eigenvalue weighted by Gasteiger charge is -2.20. The van der Waals surface area contributed by atoms with Gasteiger partial charge in [0.15, 0.2) is 5.13 Å². The van der Waals surface area contributed by atoms with Crippen molar-refractivity contribution in [1.82, 2.24) is 9.88 Å². The smallest absolute Gasteiger partial charge is 0.180 e. The molecule has 0 aliphatic carbocycles. The van der Waals surface area contributed by atoms with E-state index in [1.54, 1.807) is 11.3 Å². The number of nitrogens with zero attached hydrogens (tertiary/aromatic N) is 2. The maximum absolute atomic E-state index is 5.65. The summed E-state index contributed by atoms with van der Waals surface area (Å²) in [5, 5.41) is 0.641. The van der Waals surface area contributed by atoms with Crippen LogP contribution in [0, 0.1) is 0 Å². The minimum absolute atomic E-state index is 0. The lowest BCUT2D eigenvalue weighted by Crippen LogP contribution is -2.22. The molecule has 0 spiro atoms. The van der Waals surface area contributed by atoms with Crippen molar-refractivity contribution < 1.29 is 0 Å². The van der Waals surface area contributed by atoms with E-state index in [1.165, 1.54) is 10.4 Å². The molecule has 0 radical (unpaired) electrons. The summed E-state index contributed by atoms with van der Waals surface area (Å²) in [5.74, 6) is 0. The number of thiazole rings is 1. The molecule has 0 aliphatic rings. The number of nitrogens with two attached hydrogens (primary N) is 1. The molecule has 104 valence electrons. The molecule has 1 aromatic heterocycles. The monoisotopic (exact) mass is 361 g/mol. The van der Waals surface area contributed by atoms with Gasteiger partial charge in [0.2, 0.25) is 0 Å². The van der Waals surface area contributed by atoms with Gasteiger partial charge >= 0.3 is 0 Å². The minimum atomic E-state index is 0. The van der Waals surface area contributed by atoms with E-state index in [4.69, 9.17) is 5.73 Å². The second-order valence-electron chi connectivity index (χ2n) is 4.06. The van der Waals surface area contributed by atoms with Gasteiger partial charge in [-0.1, -0.05) is 41.1 Å². The molecule has 0 saturated heterocycles. The zero-order valence-corrected chi connectivity index (χ0v) is 13.9. The third kappa shape index (κ3) is 4.76. The first-order valence-electron chi connectivity index (χ1n) is 5.85. The van der Waals surface area contributed by atoms with Gasteiger partial charge in [0.25, 0.3) is 0 Å². The molecule has 0 bridgehead atoms. The van der Waals surface area contributed by atoms with Crippen LogP contribution in [0.15, 0.2) is 34.9 Å². The molecule has 0 atom stereocenters. The maximum atomic E-state index is 5.65. The van der Waals surface area contributed by atoms with Crippen molar-refractivity contribution in [3.05, 3.63) is 45.4 Å². The predicted octanol–water partition coefficient (Wildman–Crippen LogP) is 3.93. The van der Waals surface area contributed by atoms with Crippen LogP contribution >= 0.6 is 39.7 Å². The first-order chi connectivity index (χ1) is 8.69. The van der Waals surface area contributed by atoms with Crippen LogP contribution in [0.2, 0.25) is 0 Å². The first kappa shape index (κ1) is 16.4. The Morgan fingerprint density at radius 3 is 2.63 bits per heavy atom. The van der Waals surface area contributed by atoms with E-state index in [1.807, 2.05) is 12.3 Å². The molecule has 6 heteroatoms. The Morgan fingerprint density at radius 2 is 2.05 bits per heavy atom. The van der Waals surface area contributed by atoms with Crippen molar-refractivity contribution in [1.29, 1.82) is 0 Å². The summed E-state index contributed by atoms with van der Waals surface area (Å²) in [7, 11) is 0. The summed E-state index contributed by atoms with van der Waals surface area (Å²) in [4.78, 5) is 7.67. The quantitative estimate of drug-likeness (QED) is 0.876. The number of benzene rings is 1. The van der Waals surface area contributed by atoms with Gasteiger partial charge in [0, 0.05) is 28.6 Å². The summed E-state index contributed by atoms with van der Waals surface area (Å²) in [6.07, 6.45) is 1.86. The summed E-state index contributed by atoms with van der Waals surface area (Å²) >= 11 is 5.15. The Morgan fingerprint density at radius 1 is 1.32 bits per heavy atom. The third-order valence-corrected chi connectivity index (χ3v) is 4.33. The Bertz CT molecular complexity index is 518. The van der Waals surface area contributed by atoms with E-state index >= 15 is 0 Å². The van der Waals surface area contributed by atoms with Gasteiger partial charge in [-0.15, -0.1) is 23.7 Å². The molecule has 0 saturated carbocycles. The summed E-state index contributed by atoms with van der Waals surface area (Å²) in [5.41, 5.74) is 6.96. The molecule has 0 amide bonds. The second kappa shape index (κ2) is 7.85. The van der Waals surface area contributed by atoms with Crippen LogP contribution in [0.4, 0.5) is 5.13 Å². The first-order valence-corrected chi connectivity index (χ1v) is 7.46. The fourth-order valence-corrected chi connectivity index (χ4v) is 2.90. The normalized spacial score (nSPS) is 10.5. The topological polar surface area (TPSA) is 42.2 Å². The van der Waals surface area contributed by atoms with E-state index in [-0.39, 0.29) is 12.4 Å². The molecular weight excluding hydrogens is 346 g/mol. The molecule has 2 rings (SSSR count). The lowest BCUT2D eigenvalue weighted by molar-refractivity contribution is 0.273. The second-order valence-corrected chi connectivity index (χ2v) is 6.06. The largest absolute Gasteiger partial charge is 0.375 e. The van der Waals surface area contributed by atoms with E-state index in [0.717, 1.165) is 24.1 Å². The number of rotatable bonds is 5. The fraction of sp³-hybridized carbons (Fsp3) is 0.308. The van der Waals surface area contributed by atoms with Crippen LogP contribution < -0.4 is 5.73 Å². The Hall–Kier alpha value is -0.620. The Labute approximate surface area is 132 Å². The fourth-order valence-electron chi connectivity index (χ4n) is 1.76. The van der Waals surface area contributed by atoms with Crippen molar-refractivity contribution >= 4 is 44.8 Å². The molecule has 0 aliphatic heterocycles. The lowest BCUT2D eigenvalue weighted by atomic mass is 10.2. The van der Waals surface area contributed by atoms with Crippen LogP contribution in [-0.2, 0) is 13.1 Å². The SMILES string of the molecule is CCN(Cc1cnc(N)s1)Cc1ccccc1Br.Cl. The van der Waals surface area contributed by atoms with Gasteiger partial charge in [0.1, 0.15) is 0 Å². The summed E-state index contributed by atoms with van der Waals surface area (Å²) < 4.78 is 1.16. The average molecular weight is 363 g/mol. The highest BCUT2D eigenvalue weighted by Crippen LogP contribution is 2.21. The molecule has 1 heterocycles. The number of aromatic nitrogens is 1. The van der Waals surface area contributed by atoms with Gasteiger partial charge < -0.3 is 5.73 Å². The molecule has 0 fully saturated rings. The predicted molar refractivity (Wildman–Crippen MR) is 87.7 cm³/mol. The molecule has 2 aromatic rings. The molecule has 2 N–H and O–H groups in total. The highest BCUT2D eigenvalue weighted by Gasteiger charge is 2.08. The van der Waals surface area contributed by atoms with Crippen LogP contribution in [0.1, 0.15) is 17.4 Å². The van der Waals surface area contributed by atoms with Crippen LogP contribution in [-0.4, -0.2) is 16.4 Å². The zero-order chi connectivity index (χ0) is 13.0. The molecule has 0 unspecified atom stereocenters. The van der Waals surface area contributed by atoms with Crippen molar-refractivity contribution in [2.75, 3.05) is 12.3 Å². The average Bonchev–Trinajstić information content (AvgIpc) is 2.76. The summed E-state index contributed by atoms with van der Waals surface area (Å²) in [6, 6.07) is 8.33. The maximum Gasteiger partial charge on any atom is 0.180 e.